The van der Waals surface area contributed by atoms with E-state index in [4.69, 9.17) is 0 Å². The van der Waals surface area contributed by atoms with E-state index in [-0.39, 0.29) is 17.5 Å². The summed E-state index contributed by atoms with van der Waals surface area (Å²) in [6.45, 7) is 6.96. The number of carbonyl (C=O) groups excluding carboxylic acids is 2. The first-order valence-electron chi connectivity index (χ1n) is 8.70. The van der Waals surface area contributed by atoms with Gasteiger partial charge in [-0.25, -0.2) is 4.79 Å². The lowest BCUT2D eigenvalue weighted by Gasteiger charge is -2.20. The van der Waals surface area contributed by atoms with Gasteiger partial charge in [-0.05, 0) is 45.4 Å². The molecular formula is C18H24N6O2. The van der Waals surface area contributed by atoms with Crippen LogP contribution in [0.1, 0.15) is 49.2 Å². The summed E-state index contributed by atoms with van der Waals surface area (Å²) in [4.78, 5) is 24.4. The second kappa shape index (κ2) is 7.15. The Labute approximate surface area is 152 Å². The van der Waals surface area contributed by atoms with Crippen LogP contribution in [0, 0.1) is 0 Å². The number of hydrogen-bond acceptors (Lipinski definition) is 4. The average molecular weight is 356 g/mol. The zero-order chi connectivity index (χ0) is 18.7. The Morgan fingerprint density at radius 2 is 2.04 bits per heavy atom. The summed E-state index contributed by atoms with van der Waals surface area (Å²) in [5.74, 6) is 1.55. The summed E-state index contributed by atoms with van der Waals surface area (Å²) < 4.78 is 2.04. The summed E-state index contributed by atoms with van der Waals surface area (Å²) in [5.41, 5.74) is 0.722. The van der Waals surface area contributed by atoms with E-state index in [1.54, 1.807) is 24.3 Å². The molecule has 2 heterocycles. The molecule has 8 nitrogen and oxygen atoms in total. The van der Waals surface area contributed by atoms with Gasteiger partial charge in [0.15, 0.2) is 5.82 Å². The van der Waals surface area contributed by atoms with E-state index in [1.165, 1.54) is 0 Å². The van der Waals surface area contributed by atoms with Crippen molar-refractivity contribution in [1.82, 2.24) is 25.4 Å². The number of aryl methyl sites for hydroxylation is 1. The maximum absolute atomic E-state index is 12.2. The minimum Gasteiger partial charge on any atom is -0.347 e. The molecule has 1 aliphatic heterocycles. The van der Waals surface area contributed by atoms with Gasteiger partial charge in [0, 0.05) is 29.8 Å². The molecule has 1 aromatic heterocycles. The number of hydrogen-bond donors (Lipinski definition) is 3. The number of aromatic nitrogens is 3. The quantitative estimate of drug-likeness (QED) is 0.780. The third-order valence-corrected chi connectivity index (χ3v) is 3.96. The van der Waals surface area contributed by atoms with Crippen LogP contribution >= 0.6 is 0 Å². The molecule has 2 aromatic rings. The van der Waals surface area contributed by atoms with Gasteiger partial charge in [0.1, 0.15) is 5.82 Å². The predicted octanol–water partition coefficient (Wildman–Crippen LogP) is 2.07. The molecule has 138 valence electrons. The maximum atomic E-state index is 12.2. The highest BCUT2D eigenvalue weighted by Crippen LogP contribution is 2.14. The van der Waals surface area contributed by atoms with Gasteiger partial charge in [-0.3, -0.25) is 4.79 Å². The molecule has 0 radical (unpaired) electrons. The Balaban J connectivity index is 1.57. The molecule has 8 heteroatoms. The molecule has 0 aliphatic carbocycles. The SMILES string of the molecule is CC(C)(C)NC(=O)c1cccc(NC(=O)NCc2nnc3n2CCC3)c1. The topological polar surface area (TPSA) is 101 Å². The van der Waals surface area contributed by atoms with Crippen LogP contribution in [0.2, 0.25) is 0 Å². The molecular weight excluding hydrogens is 332 g/mol. The first kappa shape index (κ1) is 17.9. The second-order valence-electron chi connectivity index (χ2n) is 7.38. The molecule has 3 N–H and O–H groups in total. The maximum Gasteiger partial charge on any atom is 0.319 e. The van der Waals surface area contributed by atoms with Crippen molar-refractivity contribution in [3.05, 3.63) is 41.5 Å². The predicted molar refractivity (Wildman–Crippen MR) is 97.9 cm³/mol. The summed E-state index contributed by atoms with van der Waals surface area (Å²) >= 11 is 0. The molecule has 1 aliphatic rings. The standard InChI is InChI=1S/C18H24N6O2/c1-18(2,3)21-16(25)12-6-4-7-13(10-12)20-17(26)19-11-15-23-22-14-8-5-9-24(14)15/h4,6-7,10H,5,8-9,11H2,1-3H3,(H,21,25)(H2,19,20,26). The molecule has 0 spiro atoms. The van der Waals surface area contributed by atoms with Crippen molar-refractivity contribution < 1.29 is 9.59 Å². The molecule has 0 unspecified atom stereocenters. The molecule has 0 saturated carbocycles. The number of fused-ring (bicyclic) bond motifs is 1. The normalized spacial score (nSPS) is 13.2. The van der Waals surface area contributed by atoms with Crippen LogP contribution < -0.4 is 16.0 Å². The van der Waals surface area contributed by atoms with E-state index in [9.17, 15) is 9.59 Å². The van der Waals surface area contributed by atoms with Crippen molar-refractivity contribution in [2.45, 2.75) is 52.2 Å². The fraction of sp³-hybridized carbons (Fsp3) is 0.444. The minimum absolute atomic E-state index is 0.180. The van der Waals surface area contributed by atoms with Crippen molar-refractivity contribution in [3.8, 4) is 0 Å². The van der Waals surface area contributed by atoms with Crippen molar-refractivity contribution in [1.29, 1.82) is 0 Å². The lowest BCUT2D eigenvalue weighted by Crippen LogP contribution is -2.40. The molecule has 3 rings (SSSR count). The monoisotopic (exact) mass is 356 g/mol. The highest BCUT2D eigenvalue weighted by Gasteiger charge is 2.18. The lowest BCUT2D eigenvalue weighted by molar-refractivity contribution is 0.0919. The molecule has 0 fully saturated rings. The number of amides is 3. The van der Waals surface area contributed by atoms with Crippen LogP contribution in [0.4, 0.5) is 10.5 Å². The summed E-state index contributed by atoms with van der Waals surface area (Å²) in [7, 11) is 0. The fourth-order valence-electron chi connectivity index (χ4n) is 2.83. The number of carbonyl (C=O) groups is 2. The van der Waals surface area contributed by atoms with E-state index in [0.29, 0.717) is 17.8 Å². The number of nitrogens with one attached hydrogen (secondary N) is 3. The van der Waals surface area contributed by atoms with Crippen molar-refractivity contribution >= 4 is 17.6 Å². The third-order valence-electron chi connectivity index (χ3n) is 3.96. The van der Waals surface area contributed by atoms with E-state index in [2.05, 4.69) is 26.1 Å². The Morgan fingerprint density at radius 3 is 2.81 bits per heavy atom. The van der Waals surface area contributed by atoms with Crippen LogP contribution in [0.3, 0.4) is 0 Å². The van der Waals surface area contributed by atoms with Gasteiger partial charge in [-0.15, -0.1) is 10.2 Å². The molecule has 26 heavy (non-hydrogen) atoms. The van der Waals surface area contributed by atoms with Crippen LogP contribution in [0.15, 0.2) is 24.3 Å². The van der Waals surface area contributed by atoms with E-state index < -0.39 is 0 Å². The van der Waals surface area contributed by atoms with Gasteiger partial charge in [0.25, 0.3) is 5.91 Å². The summed E-state index contributed by atoms with van der Waals surface area (Å²) in [5, 5.41) is 16.6. The van der Waals surface area contributed by atoms with Gasteiger partial charge in [-0.2, -0.15) is 0 Å². The van der Waals surface area contributed by atoms with Crippen LogP contribution in [-0.4, -0.2) is 32.2 Å². The Bertz CT molecular complexity index is 821. The van der Waals surface area contributed by atoms with E-state index in [0.717, 1.165) is 31.0 Å². The van der Waals surface area contributed by atoms with Crippen LogP contribution in [0.5, 0.6) is 0 Å². The number of benzene rings is 1. The first-order chi connectivity index (χ1) is 12.3. The molecule has 0 atom stereocenters. The van der Waals surface area contributed by atoms with Crippen LogP contribution in [-0.2, 0) is 19.5 Å². The molecule has 0 saturated heterocycles. The van der Waals surface area contributed by atoms with Gasteiger partial charge in [-0.1, -0.05) is 6.07 Å². The zero-order valence-corrected chi connectivity index (χ0v) is 15.3. The minimum atomic E-state index is -0.353. The molecule has 0 bridgehead atoms. The molecule has 3 amide bonds. The molecule has 1 aromatic carbocycles. The average Bonchev–Trinajstić information content (AvgIpc) is 3.15. The number of nitrogens with zero attached hydrogens (tertiary/aromatic N) is 3. The van der Waals surface area contributed by atoms with Gasteiger partial charge in [0.2, 0.25) is 0 Å². The van der Waals surface area contributed by atoms with Crippen molar-refractivity contribution in [3.63, 3.8) is 0 Å². The Kier molecular flexibility index (Phi) is 4.92. The smallest absolute Gasteiger partial charge is 0.319 e. The van der Waals surface area contributed by atoms with E-state index >= 15 is 0 Å². The summed E-state index contributed by atoms with van der Waals surface area (Å²) in [6, 6.07) is 6.48. The Morgan fingerprint density at radius 1 is 1.23 bits per heavy atom. The first-order valence-corrected chi connectivity index (χ1v) is 8.70. The lowest BCUT2D eigenvalue weighted by atomic mass is 10.1. The third kappa shape index (κ3) is 4.38. The van der Waals surface area contributed by atoms with Gasteiger partial charge in [0.05, 0.1) is 6.54 Å². The Hall–Kier alpha value is -2.90. The van der Waals surface area contributed by atoms with Crippen LogP contribution in [0.25, 0.3) is 0 Å². The number of rotatable bonds is 4. The second-order valence-corrected chi connectivity index (χ2v) is 7.38. The number of urea groups is 1. The largest absolute Gasteiger partial charge is 0.347 e. The highest BCUT2D eigenvalue weighted by molar-refractivity contribution is 5.97. The van der Waals surface area contributed by atoms with Crippen molar-refractivity contribution in [2.24, 2.45) is 0 Å². The van der Waals surface area contributed by atoms with Gasteiger partial charge >= 0.3 is 6.03 Å². The number of anilines is 1. The van der Waals surface area contributed by atoms with E-state index in [1.807, 2.05) is 25.3 Å². The zero-order valence-electron chi connectivity index (χ0n) is 15.3. The van der Waals surface area contributed by atoms with Crippen molar-refractivity contribution in [2.75, 3.05) is 5.32 Å². The highest BCUT2D eigenvalue weighted by atomic mass is 16.2. The summed E-state index contributed by atoms with van der Waals surface area (Å²) in [6.07, 6.45) is 2.00. The van der Waals surface area contributed by atoms with Gasteiger partial charge < -0.3 is 20.5 Å². The fourth-order valence-corrected chi connectivity index (χ4v) is 2.83.